The van der Waals surface area contributed by atoms with E-state index in [9.17, 15) is 9.18 Å². The van der Waals surface area contributed by atoms with E-state index in [0.29, 0.717) is 31.7 Å². The van der Waals surface area contributed by atoms with Gasteiger partial charge >= 0.3 is 0 Å². The average Bonchev–Trinajstić information content (AvgIpc) is 3.19. The van der Waals surface area contributed by atoms with Gasteiger partial charge in [0.05, 0.1) is 0 Å². The number of hydrogen-bond donors (Lipinski definition) is 0. The second kappa shape index (κ2) is 9.65. The second-order valence-corrected chi connectivity index (χ2v) is 8.29. The first-order chi connectivity index (χ1) is 14.6. The van der Waals surface area contributed by atoms with Crippen LogP contribution in [0.1, 0.15) is 60.9 Å². The molecule has 0 aliphatic carbocycles. The average molecular weight is 415 g/mol. The van der Waals surface area contributed by atoms with Gasteiger partial charge in [-0.05, 0) is 44.1 Å². The second-order valence-electron chi connectivity index (χ2n) is 8.29. The molecule has 2 aliphatic heterocycles. The smallest absolute Gasteiger partial charge is 0.289 e. The number of halogens is 1. The lowest BCUT2D eigenvalue weighted by Crippen LogP contribution is -2.41. The number of piperidine rings is 2. The zero-order chi connectivity index (χ0) is 20.9. The van der Waals surface area contributed by atoms with E-state index < -0.39 is 0 Å². The maximum Gasteiger partial charge on any atom is 0.289 e. The molecule has 3 heterocycles. The van der Waals surface area contributed by atoms with E-state index in [2.05, 4.69) is 11.8 Å². The lowest BCUT2D eigenvalue weighted by Gasteiger charge is -2.31. The number of nitrogens with zero attached hydrogens (tertiary/aromatic N) is 2. The third-order valence-electron chi connectivity index (χ3n) is 6.13. The third kappa shape index (κ3) is 4.86. The highest BCUT2D eigenvalue weighted by atomic mass is 19.1. The van der Waals surface area contributed by atoms with Crippen molar-refractivity contribution < 1.29 is 18.3 Å². The van der Waals surface area contributed by atoms with Gasteiger partial charge in [-0.2, -0.15) is 0 Å². The third-order valence-corrected chi connectivity index (χ3v) is 6.13. The van der Waals surface area contributed by atoms with Gasteiger partial charge in [0.1, 0.15) is 11.9 Å². The number of benzene rings is 1. The van der Waals surface area contributed by atoms with E-state index in [1.807, 2.05) is 11.0 Å². The van der Waals surface area contributed by atoms with Gasteiger partial charge in [-0.25, -0.2) is 4.39 Å². The van der Waals surface area contributed by atoms with E-state index in [4.69, 9.17) is 9.15 Å². The SMILES string of the molecule is CCc1oc(C(=O)N2CCC(Oc3ccccc3F)CC2)cc1CN1CCCCC1. The summed E-state index contributed by atoms with van der Waals surface area (Å²) < 4.78 is 25.6. The summed E-state index contributed by atoms with van der Waals surface area (Å²) in [6.45, 7) is 6.33. The molecule has 162 valence electrons. The Bertz CT molecular complexity index is 852. The van der Waals surface area contributed by atoms with Gasteiger partial charge in [0.15, 0.2) is 17.3 Å². The van der Waals surface area contributed by atoms with Crippen LogP contribution in [0.4, 0.5) is 4.39 Å². The summed E-state index contributed by atoms with van der Waals surface area (Å²) in [4.78, 5) is 17.3. The summed E-state index contributed by atoms with van der Waals surface area (Å²) in [5.74, 6) is 1.23. The highest BCUT2D eigenvalue weighted by molar-refractivity contribution is 5.91. The minimum absolute atomic E-state index is 0.0565. The van der Waals surface area contributed by atoms with Gasteiger partial charge in [0.25, 0.3) is 5.91 Å². The molecular formula is C24H31FN2O3. The Hall–Kier alpha value is -2.34. The number of likely N-dealkylation sites (tertiary alicyclic amines) is 2. The Morgan fingerprint density at radius 1 is 1.13 bits per heavy atom. The summed E-state index contributed by atoms with van der Waals surface area (Å²) in [5, 5.41) is 0. The first-order valence-corrected chi connectivity index (χ1v) is 11.2. The molecule has 0 radical (unpaired) electrons. The van der Waals surface area contributed by atoms with Crippen LogP contribution in [0.3, 0.4) is 0 Å². The monoisotopic (exact) mass is 414 g/mol. The predicted octanol–water partition coefficient (Wildman–Crippen LogP) is 4.65. The van der Waals surface area contributed by atoms with Crippen molar-refractivity contribution in [3.8, 4) is 5.75 Å². The fourth-order valence-corrected chi connectivity index (χ4v) is 4.42. The van der Waals surface area contributed by atoms with Crippen LogP contribution in [0.25, 0.3) is 0 Å². The summed E-state index contributed by atoms with van der Waals surface area (Å²) in [7, 11) is 0. The predicted molar refractivity (Wildman–Crippen MR) is 113 cm³/mol. The molecule has 0 spiro atoms. The van der Waals surface area contributed by atoms with E-state index >= 15 is 0 Å². The number of aryl methyl sites for hydroxylation is 1. The molecule has 6 heteroatoms. The Morgan fingerprint density at radius 3 is 2.57 bits per heavy atom. The molecule has 5 nitrogen and oxygen atoms in total. The van der Waals surface area contributed by atoms with Crippen LogP contribution in [-0.2, 0) is 13.0 Å². The molecule has 4 rings (SSSR count). The molecule has 1 aromatic carbocycles. The topological polar surface area (TPSA) is 45.9 Å². The fraction of sp³-hybridized carbons (Fsp3) is 0.542. The first-order valence-electron chi connectivity index (χ1n) is 11.2. The Morgan fingerprint density at radius 2 is 1.87 bits per heavy atom. The molecule has 0 bridgehead atoms. The highest BCUT2D eigenvalue weighted by Crippen LogP contribution is 2.25. The molecule has 2 fully saturated rings. The lowest BCUT2D eigenvalue weighted by atomic mass is 10.1. The fourth-order valence-electron chi connectivity index (χ4n) is 4.42. The number of ether oxygens (including phenoxy) is 1. The van der Waals surface area contributed by atoms with E-state index in [-0.39, 0.29) is 23.6 Å². The van der Waals surface area contributed by atoms with Gasteiger partial charge in [-0.15, -0.1) is 0 Å². The number of amides is 1. The molecular weight excluding hydrogens is 383 g/mol. The van der Waals surface area contributed by atoms with E-state index in [1.54, 1.807) is 18.2 Å². The van der Waals surface area contributed by atoms with Gasteiger partial charge in [0, 0.05) is 44.5 Å². The molecule has 0 N–H and O–H groups in total. The van der Waals surface area contributed by atoms with Crippen molar-refractivity contribution in [2.45, 2.75) is 58.1 Å². The molecule has 0 unspecified atom stereocenters. The normalized spacial score (nSPS) is 18.5. The van der Waals surface area contributed by atoms with Crippen molar-refractivity contribution in [2.24, 2.45) is 0 Å². The number of para-hydroxylation sites is 1. The molecule has 2 aliphatic rings. The van der Waals surface area contributed by atoms with Crippen molar-refractivity contribution in [1.82, 2.24) is 9.80 Å². The molecule has 30 heavy (non-hydrogen) atoms. The maximum atomic E-state index is 13.8. The van der Waals surface area contributed by atoms with Crippen molar-refractivity contribution in [3.05, 3.63) is 53.2 Å². The van der Waals surface area contributed by atoms with Crippen LogP contribution in [-0.4, -0.2) is 48.0 Å². The molecule has 1 amide bonds. The minimum Gasteiger partial charge on any atom is -0.487 e. The Labute approximate surface area is 177 Å². The lowest BCUT2D eigenvalue weighted by molar-refractivity contribution is 0.0558. The van der Waals surface area contributed by atoms with Crippen molar-refractivity contribution >= 4 is 5.91 Å². The summed E-state index contributed by atoms with van der Waals surface area (Å²) in [6.07, 6.45) is 5.87. The quantitative estimate of drug-likeness (QED) is 0.690. The zero-order valence-electron chi connectivity index (χ0n) is 17.7. The van der Waals surface area contributed by atoms with Gasteiger partial charge in [0.2, 0.25) is 0 Å². The number of carbonyl (C=O) groups excluding carboxylic acids is 1. The van der Waals surface area contributed by atoms with Crippen molar-refractivity contribution in [2.75, 3.05) is 26.2 Å². The highest BCUT2D eigenvalue weighted by Gasteiger charge is 2.28. The standard InChI is InChI=1S/C24H31FN2O3/c1-2-21-18(17-26-12-6-3-7-13-26)16-23(30-21)24(28)27-14-10-19(11-15-27)29-22-9-5-4-8-20(22)25/h4-5,8-9,16,19H,2-3,6-7,10-15,17H2,1H3. The molecule has 2 aromatic rings. The van der Waals surface area contributed by atoms with E-state index in [1.165, 1.54) is 25.3 Å². The maximum absolute atomic E-state index is 13.8. The van der Waals surface area contributed by atoms with Gasteiger partial charge in [-0.3, -0.25) is 9.69 Å². The van der Waals surface area contributed by atoms with Crippen LogP contribution in [0, 0.1) is 5.82 Å². The first kappa shape index (κ1) is 20.9. The van der Waals surface area contributed by atoms with Crippen LogP contribution < -0.4 is 4.74 Å². The van der Waals surface area contributed by atoms with E-state index in [0.717, 1.165) is 37.4 Å². The Kier molecular flexibility index (Phi) is 6.72. The summed E-state index contributed by atoms with van der Waals surface area (Å²) >= 11 is 0. The van der Waals surface area contributed by atoms with Gasteiger partial charge < -0.3 is 14.1 Å². The molecule has 0 saturated carbocycles. The molecule has 0 atom stereocenters. The summed E-state index contributed by atoms with van der Waals surface area (Å²) in [5.41, 5.74) is 1.14. The van der Waals surface area contributed by atoms with Crippen LogP contribution >= 0.6 is 0 Å². The minimum atomic E-state index is -0.347. The van der Waals surface area contributed by atoms with Gasteiger partial charge in [-0.1, -0.05) is 25.5 Å². The van der Waals surface area contributed by atoms with Crippen molar-refractivity contribution in [3.63, 3.8) is 0 Å². The largest absolute Gasteiger partial charge is 0.487 e. The number of furan rings is 1. The number of hydrogen-bond acceptors (Lipinski definition) is 4. The van der Waals surface area contributed by atoms with Crippen molar-refractivity contribution in [1.29, 1.82) is 0 Å². The number of rotatable bonds is 6. The van der Waals surface area contributed by atoms with Crippen LogP contribution in [0.5, 0.6) is 5.75 Å². The number of carbonyl (C=O) groups is 1. The van der Waals surface area contributed by atoms with Crippen LogP contribution in [0.15, 0.2) is 34.7 Å². The van der Waals surface area contributed by atoms with Crippen LogP contribution in [0.2, 0.25) is 0 Å². The Balaban J connectivity index is 1.35. The molecule has 2 saturated heterocycles. The summed E-state index contributed by atoms with van der Waals surface area (Å²) in [6, 6.07) is 8.40. The zero-order valence-corrected chi connectivity index (χ0v) is 17.7. The molecule has 1 aromatic heterocycles.